The number of benzene rings is 2. The molecule has 0 saturated carbocycles. The highest BCUT2D eigenvalue weighted by molar-refractivity contribution is 5.92. The fourth-order valence-electron chi connectivity index (χ4n) is 2.64. The van der Waals surface area contributed by atoms with Crippen LogP contribution in [0.4, 0.5) is 10.1 Å². The van der Waals surface area contributed by atoms with E-state index in [4.69, 9.17) is 15.2 Å². The summed E-state index contributed by atoms with van der Waals surface area (Å²) in [5.41, 5.74) is 8.17. The van der Waals surface area contributed by atoms with E-state index in [9.17, 15) is 4.39 Å². The van der Waals surface area contributed by atoms with Crippen LogP contribution >= 0.6 is 0 Å². The van der Waals surface area contributed by atoms with E-state index in [1.807, 2.05) is 30.4 Å². The zero-order valence-corrected chi connectivity index (χ0v) is 12.4. The highest BCUT2D eigenvalue weighted by Crippen LogP contribution is 2.33. The number of nitrogen functional groups attached to an aromatic ring is 1. The average molecular weight is 311 g/mol. The van der Waals surface area contributed by atoms with Gasteiger partial charge >= 0.3 is 0 Å². The molecule has 0 aliphatic carbocycles. The predicted molar refractivity (Wildman–Crippen MR) is 86.6 cm³/mol. The summed E-state index contributed by atoms with van der Waals surface area (Å²) in [7, 11) is 1.77. The number of fused-ring (bicyclic) bond motifs is 2. The van der Waals surface area contributed by atoms with Gasteiger partial charge in [-0.25, -0.2) is 4.39 Å². The Labute approximate surface area is 131 Å². The normalized spacial score (nSPS) is 13.3. The van der Waals surface area contributed by atoms with E-state index in [0.29, 0.717) is 5.52 Å². The second-order valence-corrected chi connectivity index (χ2v) is 5.35. The topological polar surface area (TPSA) is 62.3 Å². The minimum absolute atomic E-state index is 0.114. The smallest absolute Gasteiger partial charge is 0.231 e. The van der Waals surface area contributed by atoms with Crippen LogP contribution in [-0.2, 0) is 7.05 Å². The van der Waals surface area contributed by atoms with Gasteiger partial charge in [0.1, 0.15) is 5.82 Å². The molecule has 3 aromatic rings. The van der Waals surface area contributed by atoms with Crippen molar-refractivity contribution in [1.82, 2.24) is 9.78 Å². The molecule has 4 rings (SSSR count). The zero-order chi connectivity index (χ0) is 16.0. The summed E-state index contributed by atoms with van der Waals surface area (Å²) in [6.07, 6.45) is 3.79. The van der Waals surface area contributed by atoms with Crippen molar-refractivity contribution in [2.24, 2.45) is 7.05 Å². The third-order valence-electron chi connectivity index (χ3n) is 3.83. The second kappa shape index (κ2) is 5.01. The van der Waals surface area contributed by atoms with Gasteiger partial charge in [-0.3, -0.25) is 4.68 Å². The Balaban J connectivity index is 1.74. The molecule has 116 valence electrons. The van der Waals surface area contributed by atoms with Crippen molar-refractivity contribution in [3.05, 3.63) is 47.4 Å². The first-order chi connectivity index (χ1) is 11.1. The summed E-state index contributed by atoms with van der Waals surface area (Å²) in [5.74, 6) is 1.03. The third-order valence-corrected chi connectivity index (χ3v) is 3.83. The van der Waals surface area contributed by atoms with E-state index < -0.39 is 5.82 Å². The molecule has 23 heavy (non-hydrogen) atoms. The Kier molecular flexibility index (Phi) is 2.97. The lowest BCUT2D eigenvalue weighted by molar-refractivity contribution is 0.174. The fraction of sp³-hybridized carbons (Fsp3) is 0.118. The summed E-state index contributed by atoms with van der Waals surface area (Å²) >= 11 is 0. The second-order valence-electron chi connectivity index (χ2n) is 5.35. The minimum atomic E-state index is -0.438. The lowest BCUT2D eigenvalue weighted by atomic mass is 10.1. The first kappa shape index (κ1) is 13.6. The molecule has 0 amide bonds. The third kappa shape index (κ3) is 2.28. The number of ether oxygens (including phenoxy) is 2. The van der Waals surface area contributed by atoms with E-state index in [-0.39, 0.29) is 12.5 Å². The molecule has 1 aromatic heterocycles. The van der Waals surface area contributed by atoms with Crippen molar-refractivity contribution >= 4 is 28.7 Å². The van der Waals surface area contributed by atoms with Crippen LogP contribution in [0.2, 0.25) is 0 Å². The molecular weight excluding hydrogens is 297 g/mol. The Bertz CT molecular complexity index is 947. The maximum atomic E-state index is 13.6. The van der Waals surface area contributed by atoms with Crippen molar-refractivity contribution in [1.29, 1.82) is 0 Å². The number of hydrogen-bond acceptors (Lipinski definition) is 4. The van der Waals surface area contributed by atoms with Gasteiger partial charge < -0.3 is 15.2 Å². The van der Waals surface area contributed by atoms with Crippen LogP contribution in [0.1, 0.15) is 11.3 Å². The number of aromatic nitrogens is 2. The molecule has 0 radical (unpaired) electrons. The van der Waals surface area contributed by atoms with E-state index in [0.717, 1.165) is 28.1 Å². The molecule has 0 spiro atoms. The maximum Gasteiger partial charge on any atom is 0.231 e. The van der Waals surface area contributed by atoms with Gasteiger partial charge in [0.05, 0.1) is 16.9 Å². The average Bonchev–Trinajstić information content (AvgIpc) is 3.11. The highest BCUT2D eigenvalue weighted by Gasteiger charge is 2.13. The highest BCUT2D eigenvalue weighted by atomic mass is 19.1. The molecule has 0 saturated heterocycles. The molecule has 2 heterocycles. The van der Waals surface area contributed by atoms with Crippen molar-refractivity contribution in [2.45, 2.75) is 0 Å². The van der Waals surface area contributed by atoms with Crippen molar-refractivity contribution in [3.63, 3.8) is 0 Å². The molecule has 1 aliphatic heterocycles. The van der Waals surface area contributed by atoms with Crippen LogP contribution in [0.5, 0.6) is 11.5 Å². The predicted octanol–water partition coefficient (Wildman–Crippen LogP) is 3.19. The monoisotopic (exact) mass is 311 g/mol. The first-order valence-electron chi connectivity index (χ1n) is 7.11. The number of nitrogens with zero attached hydrogens (tertiary/aromatic N) is 2. The van der Waals surface area contributed by atoms with Crippen LogP contribution in [-0.4, -0.2) is 16.6 Å². The number of anilines is 1. The Morgan fingerprint density at radius 1 is 1.17 bits per heavy atom. The molecule has 5 nitrogen and oxygen atoms in total. The van der Waals surface area contributed by atoms with E-state index >= 15 is 0 Å². The van der Waals surface area contributed by atoms with Gasteiger partial charge in [-0.1, -0.05) is 12.1 Å². The van der Waals surface area contributed by atoms with Gasteiger partial charge in [-0.2, -0.15) is 5.10 Å². The van der Waals surface area contributed by atoms with Gasteiger partial charge in [-0.15, -0.1) is 0 Å². The number of nitrogens with two attached hydrogens (primary N) is 1. The fourth-order valence-corrected chi connectivity index (χ4v) is 2.64. The molecule has 0 fully saturated rings. The molecule has 1 aliphatic rings. The van der Waals surface area contributed by atoms with Crippen LogP contribution in [0, 0.1) is 5.82 Å². The lowest BCUT2D eigenvalue weighted by Crippen LogP contribution is -1.92. The molecule has 2 N–H and O–H groups in total. The summed E-state index contributed by atoms with van der Waals surface area (Å²) in [6, 6.07) is 8.71. The van der Waals surface area contributed by atoms with Crippen molar-refractivity contribution in [3.8, 4) is 11.5 Å². The summed E-state index contributed by atoms with van der Waals surface area (Å²) in [6.45, 7) is 0.248. The van der Waals surface area contributed by atoms with Crippen LogP contribution in [0.25, 0.3) is 23.1 Å². The van der Waals surface area contributed by atoms with E-state index in [1.54, 1.807) is 17.8 Å². The standard InChI is InChI=1S/C17H14FN3O2/c1-21-15-8-12(18)13(19)7-11(15)14(20-21)4-2-10-3-5-16-17(6-10)23-9-22-16/h2-8H,9,19H2,1H3/b4-2+. The lowest BCUT2D eigenvalue weighted by Gasteiger charge is -1.98. The van der Waals surface area contributed by atoms with E-state index in [1.165, 1.54) is 6.07 Å². The zero-order valence-electron chi connectivity index (χ0n) is 12.4. The molecule has 2 aromatic carbocycles. The van der Waals surface area contributed by atoms with Gasteiger partial charge in [-0.05, 0) is 29.8 Å². The van der Waals surface area contributed by atoms with Crippen molar-refractivity contribution in [2.75, 3.05) is 12.5 Å². The number of halogens is 1. The molecule has 0 atom stereocenters. The largest absolute Gasteiger partial charge is 0.454 e. The maximum absolute atomic E-state index is 13.6. The summed E-state index contributed by atoms with van der Waals surface area (Å²) < 4.78 is 25.9. The van der Waals surface area contributed by atoms with Crippen molar-refractivity contribution < 1.29 is 13.9 Å². The van der Waals surface area contributed by atoms with Crippen LogP contribution in [0.3, 0.4) is 0 Å². The van der Waals surface area contributed by atoms with Gasteiger partial charge in [0.2, 0.25) is 6.79 Å². The number of hydrogen-bond donors (Lipinski definition) is 1. The van der Waals surface area contributed by atoms with Gasteiger partial charge in [0, 0.05) is 18.5 Å². The summed E-state index contributed by atoms with van der Waals surface area (Å²) in [5, 5.41) is 5.22. The Morgan fingerprint density at radius 3 is 2.87 bits per heavy atom. The Morgan fingerprint density at radius 2 is 2.00 bits per heavy atom. The minimum Gasteiger partial charge on any atom is -0.454 e. The van der Waals surface area contributed by atoms with Gasteiger partial charge in [0.25, 0.3) is 0 Å². The molecule has 6 heteroatoms. The van der Waals surface area contributed by atoms with E-state index in [2.05, 4.69) is 5.10 Å². The molecular formula is C17H14FN3O2. The molecule has 0 unspecified atom stereocenters. The quantitative estimate of drug-likeness (QED) is 0.738. The van der Waals surface area contributed by atoms with Crippen LogP contribution in [0.15, 0.2) is 30.3 Å². The Hall–Kier alpha value is -3.02. The number of rotatable bonds is 2. The molecule has 0 bridgehead atoms. The number of aryl methyl sites for hydroxylation is 1. The summed E-state index contributed by atoms with van der Waals surface area (Å²) in [4.78, 5) is 0. The van der Waals surface area contributed by atoms with Crippen LogP contribution < -0.4 is 15.2 Å². The van der Waals surface area contributed by atoms with Gasteiger partial charge in [0.15, 0.2) is 11.5 Å². The SMILES string of the molecule is Cn1nc(/C=C/c2ccc3c(c2)OCO3)c2cc(N)c(F)cc21. The first-order valence-corrected chi connectivity index (χ1v) is 7.11.